The van der Waals surface area contributed by atoms with Crippen LogP contribution in [0.15, 0.2) is 42.5 Å². The molecule has 0 spiro atoms. The molecule has 1 saturated carbocycles. The fourth-order valence-corrected chi connectivity index (χ4v) is 3.31. The van der Waals surface area contributed by atoms with Crippen molar-refractivity contribution in [1.29, 1.82) is 0 Å². The zero-order valence-corrected chi connectivity index (χ0v) is 17.0. The molecule has 0 atom stereocenters. The summed E-state index contributed by atoms with van der Waals surface area (Å²) in [5.74, 6) is 0.217. The lowest BCUT2D eigenvalue weighted by atomic mass is 10.2. The number of nitrogens with zero attached hydrogens (tertiary/aromatic N) is 3. The van der Waals surface area contributed by atoms with Gasteiger partial charge in [0.25, 0.3) is 5.91 Å². The number of amides is 2. The van der Waals surface area contributed by atoms with Crippen molar-refractivity contribution < 1.29 is 9.59 Å². The zero-order chi connectivity index (χ0) is 20.5. The van der Waals surface area contributed by atoms with E-state index in [4.69, 9.17) is 23.2 Å². The van der Waals surface area contributed by atoms with Gasteiger partial charge in [-0.3, -0.25) is 9.59 Å². The summed E-state index contributed by atoms with van der Waals surface area (Å²) in [5.41, 5.74) is 1.47. The van der Waals surface area contributed by atoms with Crippen LogP contribution in [0.2, 0.25) is 10.0 Å². The standard InChI is InChI=1S/C20H17Cl2N5O2/c1-11(28)23-16-10-13(21)8-9-15(16)24-20(29)18-25-19(12-6-7-12)27(26-18)17-5-3-2-4-14(17)22/h2-5,8-10,12H,6-7H2,1H3,(H,23,28)(H,24,29). The van der Waals surface area contributed by atoms with Crippen molar-refractivity contribution >= 4 is 46.4 Å². The highest BCUT2D eigenvalue weighted by molar-refractivity contribution is 6.32. The summed E-state index contributed by atoms with van der Waals surface area (Å²) in [6, 6.07) is 12.1. The van der Waals surface area contributed by atoms with Crippen LogP contribution >= 0.6 is 23.2 Å². The molecule has 29 heavy (non-hydrogen) atoms. The predicted molar refractivity (Wildman–Crippen MR) is 112 cm³/mol. The molecule has 3 aromatic rings. The van der Waals surface area contributed by atoms with E-state index < -0.39 is 5.91 Å². The summed E-state index contributed by atoms with van der Waals surface area (Å²) in [7, 11) is 0. The molecule has 0 bridgehead atoms. The van der Waals surface area contributed by atoms with E-state index in [2.05, 4.69) is 20.7 Å². The number of hydrogen-bond donors (Lipinski definition) is 2. The maximum atomic E-state index is 12.8. The lowest BCUT2D eigenvalue weighted by Crippen LogP contribution is -2.16. The molecular formula is C20H17Cl2N5O2. The van der Waals surface area contributed by atoms with Crippen LogP contribution in [0.3, 0.4) is 0 Å². The average Bonchev–Trinajstić information content (AvgIpc) is 3.42. The minimum atomic E-state index is -0.494. The van der Waals surface area contributed by atoms with E-state index in [0.717, 1.165) is 12.8 Å². The molecule has 1 aromatic heterocycles. The van der Waals surface area contributed by atoms with Crippen LogP contribution in [-0.4, -0.2) is 26.6 Å². The zero-order valence-electron chi connectivity index (χ0n) is 15.4. The highest BCUT2D eigenvalue weighted by Gasteiger charge is 2.32. The summed E-state index contributed by atoms with van der Waals surface area (Å²) >= 11 is 12.3. The Balaban J connectivity index is 1.66. The van der Waals surface area contributed by atoms with Crippen LogP contribution in [0.4, 0.5) is 11.4 Å². The maximum Gasteiger partial charge on any atom is 0.295 e. The first-order valence-corrected chi connectivity index (χ1v) is 9.78. The Labute approximate surface area is 177 Å². The summed E-state index contributed by atoms with van der Waals surface area (Å²) in [5, 5.41) is 10.8. The average molecular weight is 430 g/mol. The highest BCUT2D eigenvalue weighted by Crippen LogP contribution is 2.40. The molecule has 2 N–H and O–H groups in total. The monoisotopic (exact) mass is 429 g/mol. The van der Waals surface area contributed by atoms with Crippen LogP contribution in [0.5, 0.6) is 0 Å². The Kier molecular flexibility index (Phi) is 5.25. The molecule has 2 amide bonds. The smallest absolute Gasteiger partial charge is 0.295 e. The number of nitrogens with one attached hydrogen (secondary N) is 2. The summed E-state index contributed by atoms with van der Waals surface area (Å²) in [6.07, 6.45) is 1.99. The van der Waals surface area contributed by atoms with Crippen molar-refractivity contribution in [3.63, 3.8) is 0 Å². The van der Waals surface area contributed by atoms with E-state index in [0.29, 0.717) is 32.9 Å². The molecule has 1 fully saturated rings. The van der Waals surface area contributed by atoms with Crippen molar-refractivity contribution in [2.45, 2.75) is 25.7 Å². The molecule has 1 aliphatic rings. The number of anilines is 2. The molecule has 0 aliphatic heterocycles. The third-order valence-electron chi connectivity index (χ3n) is 4.40. The fourth-order valence-electron chi connectivity index (χ4n) is 2.92. The van der Waals surface area contributed by atoms with Gasteiger partial charge >= 0.3 is 0 Å². The van der Waals surface area contributed by atoms with Gasteiger partial charge in [-0.15, -0.1) is 5.10 Å². The van der Waals surface area contributed by atoms with E-state index in [1.165, 1.54) is 6.92 Å². The second-order valence-electron chi connectivity index (χ2n) is 6.76. The fraction of sp³-hybridized carbons (Fsp3) is 0.200. The largest absolute Gasteiger partial charge is 0.324 e. The first-order chi connectivity index (χ1) is 13.9. The predicted octanol–water partition coefficient (Wildman–Crippen LogP) is 4.66. The number of aromatic nitrogens is 3. The minimum absolute atomic E-state index is 0.0237. The number of benzene rings is 2. The number of hydrogen-bond acceptors (Lipinski definition) is 4. The topological polar surface area (TPSA) is 88.9 Å². The van der Waals surface area contributed by atoms with Gasteiger partial charge in [-0.05, 0) is 43.2 Å². The molecule has 4 rings (SSSR count). The third-order valence-corrected chi connectivity index (χ3v) is 4.95. The maximum absolute atomic E-state index is 12.8. The number of rotatable bonds is 5. The van der Waals surface area contributed by atoms with Gasteiger partial charge in [-0.1, -0.05) is 35.3 Å². The van der Waals surface area contributed by atoms with Gasteiger partial charge < -0.3 is 10.6 Å². The van der Waals surface area contributed by atoms with Gasteiger partial charge in [0.15, 0.2) is 0 Å². The van der Waals surface area contributed by atoms with E-state index in [-0.39, 0.29) is 17.6 Å². The first kappa shape index (κ1) is 19.4. The summed E-state index contributed by atoms with van der Waals surface area (Å²) in [6.45, 7) is 1.38. The number of carbonyl (C=O) groups excluding carboxylic acids is 2. The van der Waals surface area contributed by atoms with Crippen LogP contribution < -0.4 is 10.6 Å². The van der Waals surface area contributed by atoms with Gasteiger partial charge in [0.2, 0.25) is 11.7 Å². The minimum Gasteiger partial charge on any atom is -0.324 e. The second-order valence-corrected chi connectivity index (χ2v) is 7.60. The molecule has 1 heterocycles. The molecule has 1 aliphatic carbocycles. The Morgan fingerprint density at radius 2 is 1.83 bits per heavy atom. The number of para-hydroxylation sites is 1. The molecule has 9 heteroatoms. The molecule has 0 radical (unpaired) electrons. The van der Waals surface area contributed by atoms with Crippen molar-refractivity contribution in [2.75, 3.05) is 10.6 Å². The van der Waals surface area contributed by atoms with Crippen molar-refractivity contribution in [3.05, 3.63) is 64.2 Å². The summed E-state index contributed by atoms with van der Waals surface area (Å²) in [4.78, 5) is 28.7. The number of carbonyl (C=O) groups is 2. The molecule has 148 valence electrons. The van der Waals surface area contributed by atoms with Crippen molar-refractivity contribution in [2.24, 2.45) is 0 Å². The lowest BCUT2D eigenvalue weighted by Gasteiger charge is -2.10. The van der Waals surface area contributed by atoms with E-state index in [1.54, 1.807) is 28.9 Å². The second kappa shape index (κ2) is 7.85. The Bertz CT molecular complexity index is 1110. The SMILES string of the molecule is CC(=O)Nc1cc(Cl)ccc1NC(=O)c1nc(C2CC2)n(-c2ccccc2Cl)n1. The number of halogens is 2. The molecule has 0 saturated heterocycles. The van der Waals surface area contributed by atoms with Crippen LogP contribution in [0.25, 0.3) is 5.69 Å². The van der Waals surface area contributed by atoms with Gasteiger partial charge in [-0.2, -0.15) is 0 Å². The Morgan fingerprint density at radius 1 is 1.07 bits per heavy atom. The van der Waals surface area contributed by atoms with Crippen molar-refractivity contribution in [3.8, 4) is 5.69 Å². The molecule has 7 nitrogen and oxygen atoms in total. The van der Waals surface area contributed by atoms with Crippen molar-refractivity contribution in [1.82, 2.24) is 14.8 Å². The quantitative estimate of drug-likeness (QED) is 0.616. The molecule has 2 aromatic carbocycles. The van der Waals surface area contributed by atoms with E-state index in [1.807, 2.05) is 18.2 Å². The summed E-state index contributed by atoms with van der Waals surface area (Å²) < 4.78 is 1.63. The van der Waals surface area contributed by atoms with Gasteiger partial charge in [0.1, 0.15) is 5.82 Å². The van der Waals surface area contributed by atoms with Crippen LogP contribution in [-0.2, 0) is 4.79 Å². The van der Waals surface area contributed by atoms with Gasteiger partial charge in [0, 0.05) is 17.9 Å². The molecular weight excluding hydrogens is 413 g/mol. The highest BCUT2D eigenvalue weighted by atomic mass is 35.5. The van der Waals surface area contributed by atoms with Crippen LogP contribution in [0.1, 0.15) is 42.1 Å². The molecule has 0 unspecified atom stereocenters. The third kappa shape index (κ3) is 4.26. The van der Waals surface area contributed by atoms with Crippen LogP contribution in [0, 0.1) is 0 Å². The van der Waals surface area contributed by atoms with E-state index in [9.17, 15) is 9.59 Å². The van der Waals surface area contributed by atoms with Gasteiger partial charge in [0.05, 0.1) is 22.1 Å². The van der Waals surface area contributed by atoms with E-state index >= 15 is 0 Å². The Hall–Kier alpha value is -2.90. The Morgan fingerprint density at radius 3 is 2.52 bits per heavy atom. The lowest BCUT2D eigenvalue weighted by molar-refractivity contribution is -0.114. The first-order valence-electron chi connectivity index (χ1n) is 9.02. The normalized spacial score (nSPS) is 13.2. The van der Waals surface area contributed by atoms with Gasteiger partial charge in [-0.25, -0.2) is 9.67 Å².